The van der Waals surface area contributed by atoms with Crippen molar-refractivity contribution in [3.05, 3.63) is 71.8 Å². The predicted octanol–water partition coefficient (Wildman–Crippen LogP) is 3.96. The van der Waals surface area contributed by atoms with E-state index in [1.807, 2.05) is 6.07 Å². The monoisotopic (exact) mass is 276 g/mol. The molecule has 0 N–H and O–H groups in total. The van der Waals surface area contributed by atoms with Gasteiger partial charge in [0, 0.05) is 13.1 Å². The second-order valence-electron chi connectivity index (χ2n) is 5.73. The summed E-state index contributed by atoms with van der Waals surface area (Å²) in [7, 11) is 0. The minimum absolute atomic E-state index is 0.0177. The van der Waals surface area contributed by atoms with Crippen LogP contribution in [0.4, 0.5) is 0 Å². The quantitative estimate of drug-likeness (QED) is 0.848. The van der Waals surface area contributed by atoms with Gasteiger partial charge < -0.3 is 0 Å². The van der Waals surface area contributed by atoms with Crippen LogP contribution in [0.1, 0.15) is 29.9 Å². The second kappa shape index (κ2) is 6.56. The van der Waals surface area contributed by atoms with Crippen LogP contribution in [0.5, 0.6) is 0 Å². The van der Waals surface area contributed by atoms with Crippen LogP contribution >= 0.6 is 0 Å². The molecule has 1 heterocycles. The van der Waals surface area contributed by atoms with E-state index in [1.54, 1.807) is 0 Å². The molecule has 1 fully saturated rings. The van der Waals surface area contributed by atoms with Crippen molar-refractivity contribution in [1.82, 2.24) is 4.90 Å². The van der Waals surface area contributed by atoms with Crippen molar-refractivity contribution in [2.75, 3.05) is 6.54 Å². The number of benzene rings is 2. The Labute approximate surface area is 126 Å². The van der Waals surface area contributed by atoms with E-state index in [1.165, 1.54) is 11.1 Å². The Hall–Kier alpha value is -2.11. The van der Waals surface area contributed by atoms with E-state index in [0.29, 0.717) is 5.92 Å². The van der Waals surface area contributed by atoms with E-state index in [2.05, 4.69) is 65.6 Å². The van der Waals surface area contributed by atoms with Gasteiger partial charge in [0.2, 0.25) is 0 Å². The molecule has 2 heteroatoms. The summed E-state index contributed by atoms with van der Waals surface area (Å²) in [6, 6.07) is 23.6. The van der Waals surface area contributed by atoms with Crippen molar-refractivity contribution in [2.45, 2.75) is 31.3 Å². The van der Waals surface area contributed by atoms with Crippen LogP contribution in [0.2, 0.25) is 0 Å². The van der Waals surface area contributed by atoms with Gasteiger partial charge in [-0.25, -0.2) is 0 Å². The Morgan fingerprint density at radius 3 is 2.33 bits per heavy atom. The van der Waals surface area contributed by atoms with E-state index in [4.69, 9.17) is 0 Å². The molecule has 2 atom stereocenters. The lowest BCUT2D eigenvalue weighted by Gasteiger charge is -2.36. The Balaban J connectivity index is 1.69. The van der Waals surface area contributed by atoms with Gasteiger partial charge >= 0.3 is 0 Å². The van der Waals surface area contributed by atoms with Gasteiger partial charge in [-0.15, -0.1) is 0 Å². The fraction of sp³-hybridized carbons (Fsp3) is 0.316. The number of nitriles is 1. The first-order valence-electron chi connectivity index (χ1n) is 7.59. The minimum atomic E-state index is 0.0177. The Kier molecular flexibility index (Phi) is 4.33. The molecule has 106 valence electrons. The highest BCUT2D eigenvalue weighted by atomic mass is 15.2. The van der Waals surface area contributed by atoms with Crippen LogP contribution in [0.25, 0.3) is 0 Å². The Morgan fingerprint density at radius 1 is 1.00 bits per heavy atom. The van der Waals surface area contributed by atoms with Crippen LogP contribution in [-0.4, -0.2) is 17.5 Å². The molecule has 3 rings (SSSR count). The molecule has 2 aromatic rings. The molecule has 0 aromatic heterocycles. The molecule has 1 aliphatic rings. The molecule has 0 aliphatic carbocycles. The third kappa shape index (κ3) is 3.32. The fourth-order valence-electron chi connectivity index (χ4n) is 3.18. The summed E-state index contributed by atoms with van der Waals surface area (Å²) >= 11 is 0. The molecule has 0 bridgehead atoms. The minimum Gasteiger partial charge on any atom is -0.284 e. The van der Waals surface area contributed by atoms with E-state index in [0.717, 1.165) is 25.9 Å². The number of piperidine rings is 1. The van der Waals surface area contributed by atoms with Crippen molar-refractivity contribution in [3.8, 4) is 6.07 Å². The van der Waals surface area contributed by atoms with Crippen LogP contribution in [-0.2, 0) is 6.54 Å². The van der Waals surface area contributed by atoms with Crippen LogP contribution < -0.4 is 0 Å². The zero-order chi connectivity index (χ0) is 14.5. The van der Waals surface area contributed by atoms with E-state index < -0.39 is 0 Å². The van der Waals surface area contributed by atoms with Crippen molar-refractivity contribution in [1.29, 1.82) is 5.26 Å². The Morgan fingerprint density at radius 2 is 1.67 bits per heavy atom. The SMILES string of the molecule is N#CC1CC(c2ccccc2)CCN1Cc1ccccc1. The average molecular weight is 276 g/mol. The largest absolute Gasteiger partial charge is 0.284 e. The average Bonchev–Trinajstić information content (AvgIpc) is 2.57. The smallest absolute Gasteiger partial charge is 0.0986 e. The van der Waals surface area contributed by atoms with Gasteiger partial charge in [0.1, 0.15) is 0 Å². The van der Waals surface area contributed by atoms with Crippen LogP contribution in [0.3, 0.4) is 0 Å². The maximum Gasteiger partial charge on any atom is 0.0986 e. The topological polar surface area (TPSA) is 27.0 Å². The van der Waals surface area contributed by atoms with Gasteiger partial charge in [0.25, 0.3) is 0 Å². The number of likely N-dealkylation sites (tertiary alicyclic amines) is 1. The number of hydrogen-bond acceptors (Lipinski definition) is 2. The first-order chi connectivity index (χ1) is 10.4. The molecular weight excluding hydrogens is 256 g/mol. The first kappa shape index (κ1) is 13.9. The molecule has 1 saturated heterocycles. The summed E-state index contributed by atoms with van der Waals surface area (Å²) in [5, 5.41) is 9.51. The number of rotatable bonds is 3. The Bertz CT molecular complexity index is 600. The van der Waals surface area contributed by atoms with Crippen LogP contribution in [0.15, 0.2) is 60.7 Å². The number of nitrogens with zero attached hydrogens (tertiary/aromatic N) is 2. The maximum atomic E-state index is 9.51. The fourth-order valence-corrected chi connectivity index (χ4v) is 3.18. The molecule has 0 radical (unpaired) electrons. The lowest BCUT2D eigenvalue weighted by atomic mass is 9.85. The van der Waals surface area contributed by atoms with Crippen molar-refractivity contribution in [2.24, 2.45) is 0 Å². The normalized spacial score (nSPS) is 22.6. The third-order valence-electron chi connectivity index (χ3n) is 4.36. The van der Waals surface area contributed by atoms with E-state index in [-0.39, 0.29) is 6.04 Å². The first-order valence-corrected chi connectivity index (χ1v) is 7.59. The van der Waals surface area contributed by atoms with Gasteiger partial charge in [-0.05, 0) is 29.9 Å². The molecule has 2 aromatic carbocycles. The predicted molar refractivity (Wildman–Crippen MR) is 84.7 cm³/mol. The summed E-state index contributed by atoms with van der Waals surface area (Å²) < 4.78 is 0. The van der Waals surface area contributed by atoms with Gasteiger partial charge in [-0.3, -0.25) is 4.90 Å². The molecule has 2 unspecified atom stereocenters. The molecule has 2 nitrogen and oxygen atoms in total. The van der Waals surface area contributed by atoms with Crippen molar-refractivity contribution in [3.63, 3.8) is 0 Å². The van der Waals surface area contributed by atoms with Gasteiger partial charge in [-0.1, -0.05) is 60.7 Å². The highest BCUT2D eigenvalue weighted by Crippen LogP contribution is 2.32. The third-order valence-corrected chi connectivity index (χ3v) is 4.36. The summed E-state index contributed by atoms with van der Waals surface area (Å²) in [6.45, 7) is 1.87. The maximum absolute atomic E-state index is 9.51. The standard InChI is InChI=1S/C19H20N2/c20-14-19-13-18(17-9-5-2-6-10-17)11-12-21(19)15-16-7-3-1-4-8-16/h1-10,18-19H,11-13,15H2. The second-order valence-corrected chi connectivity index (χ2v) is 5.73. The lowest BCUT2D eigenvalue weighted by molar-refractivity contribution is 0.161. The summed E-state index contributed by atoms with van der Waals surface area (Å²) in [5.74, 6) is 0.517. The summed E-state index contributed by atoms with van der Waals surface area (Å²) in [5.41, 5.74) is 2.66. The van der Waals surface area contributed by atoms with Crippen LogP contribution in [0, 0.1) is 11.3 Å². The highest BCUT2D eigenvalue weighted by molar-refractivity contribution is 5.22. The molecule has 0 spiro atoms. The van der Waals surface area contributed by atoms with E-state index in [9.17, 15) is 5.26 Å². The summed E-state index contributed by atoms with van der Waals surface area (Å²) in [6.07, 6.45) is 2.07. The lowest BCUT2D eigenvalue weighted by Crippen LogP contribution is -2.40. The molecular formula is C19H20N2. The van der Waals surface area contributed by atoms with Crippen molar-refractivity contribution < 1.29 is 0 Å². The molecule has 1 aliphatic heterocycles. The van der Waals surface area contributed by atoms with Gasteiger partial charge in [0.05, 0.1) is 12.1 Å². The zero-order valence-corrected chi connectivity index (χ0v) is 12.2. The van der Waals surface area contributed by atoms with Gasteiger partial charge in [-0.2, -0.15) is 5.26 Å². The summed E-state index contributed by atoms with van der Waals surface area (Å²) in [4.78, 5) is 2.31. The van der Waals surface area contributed by atoms with Crippen molar-refractivity contribution >= 4 is 0 Å². The molecule has 0 saturated carbocycles. The number of hydrogen-bond donors (Lipinski definition) is 0. The van der Waals surface area contributed by atoms with E-state index >= 15 is 0 Å². The van der Waals surface area contributed by atoms with Gasteiger partial charge in [0.15, 0.2) is 0 Å². The molecule has 21 heavy (non-hydrogen) atoms. The highest BCUT2D eigenvalue weighted by Gasteiger charge is 2.29. The zero-order valence-electron chi connectivity index (χ0n) is 12.2. The molecule has 0 amide bonds.